The number of nitrogens with one attached hydrogen (secondary N) is 1. The lowest BCUT2D eigenvalue weighted by molar-refractivity contribution is 0.0595. The Kier molecular flexibility index (Phi) is 4.93. The largest absolute Gasteiger partial charge is 0.465 e. The van der Waals surface area contributed by atoms with Crippen LogP contribution in [0.2, 0.25) is 0 Å². The third-order valence-corrected chi connectivity index (χ3v) is 3.30. The van der Waals surface area contributed by atoms with Crippen molar-refractivity contribution in [3.8, 4) is 0 Å². The first-order valence-electron chi connectivity index (χ1n) is 6.83. The van der Waals surface area contributed by atoms with Gasteiger partial charge in [0.25, 0.3) is 0 Å². The molecule has 0 saturated heterocycles. The second-order valence-corrected chi connectivity index (χ2v) is 4.71. The van der Waals surface area contributed by atoms with Gasteiger partial charge in [0.2, 0.25) is 0 Å². The smallest absolute Gasteiger partial charge is 0.340 e. The molecule has 0 saturated carbocycles. The minimum absolute atomic E-state index is 0.0476. The maximum atomic E-state index is 13.8. The van der Waals surface area contributed by atoms with Crippen molar-refractivity contribution in [1.29, 1.82) is 0 Å². The third kappa shape index (κ3) is 3.81. The van der Waals surface area contributed by atoms with E-state index >= 15 is 0 Å². The maximum Gasteiger partial charge on any atom is 0.340 e. The highest BCUT2D eigenvalue weighted by molar-refractivity contribution is 5.89. The molecule has 0 aliphatic rings. The number of hydrogen-bond donors (Lipinski definition) is 1. The van der Waals surface area contributed by atoms with Gasteiger partial charge in [-0.05, 0) is 41.8 Å². The highest BCUT2D eigenvalue weighted by atomic mass is 19.1. The minimum Gasteiger partial charge on any atom is -0.465 e. The van der Waals surface area contributed by atoms with Crippen LogP contribution in [0.25, 0.3) is 0 Å². The summed E-state index contributed by atoms with van der Waals surface area (Å²) in [5.74, 6) is -1.23. The molecule has 1 N–H and O–H groups in total. The fraction of sp³-hybridized carbons (Fsp3) is 0.235. The summed E-state index contributed by atoms with van der Waals surface area (Å²) in [7, 11) is 1.23. The van der Waals surface area contributed by atoms with Crippen LogP contribution < -0.4 is 5.32 Å². The van der Waals surface area contributed by atoms with Gasteiger partial charge in [-0.3, -0.25) is 0 Å². The van der Waals surface area contributed by atoms with E-state index in [4.69, 9.17) is 0 Å². The number of hydrogen-bond acceptors (Lipinski definition) is 3. The van der Waals surface area contributed by atoms with Gasteiger partial charge < -0.3 is 10.1 Å². The Labute approximate surface area is 123 Å². The summed E-state index contributed by atoms with van der Waals surface area (Å²) in [4.78, 5) is 11.3. The third-order valence-electron chi connectivity index (χ3n) is 3.30. The number of benzene rings is 2. The van der Waals surface area contributed by atoms with Crippen molar-refractivity contribution in [3.63, 3.8) is 0 Å². The van der Waals surface area contributed by atoms with Crippen molar-refractivity contribution in [3.05, 3.63) is 65.0 Å². The molecule has 0 unspecified atom stereocenters. The van der Waals surface area contributed by atoms with Gasteiger partial charge in [-0.1, -0.05) is 25.1 Å². The molecule has 0 spiro atoms. The van der Waals surface area contributed by atoms with Crippen LogP contribution in [0, 0.1) is 5.82 Å². The molecule has 0 bridgehead atoms. The van der Waals surface area contributed by atoms with Crippen molar-refractivity contribution in [2.24, 2.45) is 0 Å². The SMILES string of the molecule is CCc1ccc(NCc2ccc(C(=O)OC)c(F)c2)cc1. The number of ether oxygens (including phenoxy) is 1. The van der Waals surface area contributed by atoms with E-state index in [0.717, 1.165) is 17.7 Å². The standard InChI is InChI=1S/C17H18FNO2/c1-3-12-4-7-14(8-5-12)19-11-13-6-9-15(16(18)10-13)17(20)21-2/h4-10,19H,3,11H2,1-2H3. The summed E-state index contributed by atoms with van der Waals surface area (Å²) in [6.07, 6.45) is 1.00. The molecule has 0 aromatic heterocycles. The molecule has 0 amide bonds. The van der Waals surface area contributed by atoms with Gasteiger partial charge in [-0.15, -0.1) is 0 Å². The second kappa shape index (κ2) is 6.88. The number of rotatable bonds is 5. The van der Waals surface area contributed by atoms with Gasteiger partial charge in [-0.25, -0.2) is 9.18 Å². The van der Waals surface area contributed by atoms with Crippen molar-refractivity contribution >= 4 is 11.7 Å². The Bertz CT molecular complexity index is 623. The van der Waals surface area contributed by atoms with Gasteiger partial charge in [0.15, 0.2) is 0 Å². The molecule has 4 heteroatoms. The number of carbonyl (C=O) groups excluding carboxylic acids is 1. The molecule has 0 aliphatic carbocycles. The van der Waals surface area contributed by atoms with Crippen LogP contribution in [-0.4, -0.2) is 13.1 Å². The number of carbonyl (C=O) groups is 1. The molecule has 2 rings (SSSR count). The summed E-state index contributed by atoms with van der Waals surface area (Å²) in [5, 5.41) is 3.22. The zero-order chi connectivity index (χ0) is 15.2. The molecule has 3 nitrogen and oxygen atoms in total. The summed E-state index contributed by atoms with van der Waals surface area (Å²) in [6.45, 7) is 2.60. The normalized spacial score (nSPS) is 10.2. The van der Waals surface area contributed by atoms with E-state index in [9.17, 15) is 9.18 Å². The fourth-order valence-electron chi connectivity index (χ4n) is 2.01. The zero-order valence-electron chi connectivity index (χ0n) is 12.2. The zero-order valence-corrected chi connectivity index (χ0v) is 12.2. The molecule has 2 aromatic rings. The van der Waals surface area contributed by atoms with Crippen LogP contribution in [0.4, 0.5) is 10.1 Å². The van der Waals surface area contributed by atoms with Crippen LogP contribution >= 0.6 is 0 Å². The van der Waals surface area contributed by atoms with E-state index in [1.807, 2.05) is 12.1 Å². The Morgan fingerprint density at radius 3 is 2.38 bits per heavy atom. The van der Waals surface area contributed by atoms with E-state index in [-0.39, 0.29) is 5.56 Å². The van der Waals surface area contributed by atoms with E-state index in [2.05, 4.69) is 29.1 Å². The molecule has 0 fully saturated rings. The first-order valence-corrected chi connectivity index (χ1v) is 6.83. The quantitative estimate of drug-likeness (QED) is 0.850. The molecule has 0 heterocycles. The predicted octanol–water partition coefficient (Wildman–Crippen LogP) is 3.79. The number of anilines is 1. The summed E-state index contributed by atoms with van der Waals surface area (Å²) in [6, 6.07) is 12.6. The first-order chi connectivity index (χ1) is 10.1. The predicted molar refractivity (Wildman–Crippen MR) is 80.9 cm³/mol. The minimum atomic E-state index is -0.665. The summed E-state index contributed by atoms with van der Waals surface area (Å²) < 4.78 is 18.3. The van der Waals surface area contributed by atoms with Gasteiger partial charge in [-0.2, -0.15) is 0 Å². The fourth-order valence-corrected chi connectivity index (χ4v) is 2.01. The number of methoxy groups -OCH3 is 1. The van der Waals surface area contributed by atoms with E-state index < -0.39 is 11.8 Å². The monoisotopic (exact) mass is 287 g/mol. The molecule has 2 aromatic carbocycles. The van der Waals surface area contributed by atoms with Crippen molar-refractivity contribution in [1.82, 2.24) is 0 Å². The van der Waals surface area contributed by atoms with Crippen LogP contribution in [0.5, 0.6) is 0 Å². The van der Waals surface area contributed by atoms with Gasteiger partial charge in [0.05, 0.1) is 12.7 Å². The molecule has 0 atom stereocenters. The maximum absolute atomic E-state index is 13.8. The summed E-state index contributed by atoms with van der Waals surface area (Å²) >= 11 is 0. The lowest BCUT2D eigenvalue weighted by Gasteiger charge is -2.08. The lowest BCUT2D eigenvalue weighted by Crippen LogP contribution is -2.06. The molecule has 110 valence electrons. The van der Waals surface area contributed by atoms with Crippen molar-refractivity contribution < 1.29 is 13.9 Å². The van der Waals surface area contributed by atoms with Gasteiger partial charge in [0, 0.05) is 12.2 Å². The van der Waals surface area contributed by atoms with Crippen LogP contribution in [0.15, 0.2) is 42.5 Å². The van der Waals surface area contributed by atoms with Gasteiger partial charge >= 0.3 is 5.97 Å². The molecular weight excluding hydrogens is 269 g/mol. The van der Waals surface area contributed by atoms with E-state index in [1.165, 1.54) is 24.8 Å². The van der Waals surface area contributed by atoms with E-state index in [0.29, 0.717) is 6.54 Å². The number of halogens is 1. The summed E-state index contributed by atoms with van der Waals surface area (Å²) in [5.41, 5.74) is 2.96. The van der Waals surface area contributed by atoms with Crippen molar-refractivity contribution in [2.75, 3.05) is 12.4 Å². The second-order valence-electron chi connectivity index (χ2n) is 4.71. The number of esters is 1. The highest BCUT2D eigenvalue weighted by Gasteiger charge is 2.12. The Balaban J connectivity index is 2.03. The Morgan fingerprint density at radius 2 is 1.81 bits per heavy atom. The Hall–Kier alpha value is -2.36. The van der Waals surface area contributed by atoms with Crippen LogP contribution in [0.3, 0.4) is 0 Å². The Morgan fingerprint density at radius 1 is 1.14 bits per heavy atom. The molecule has 0 radical (unpaired) electrons. The molecular formula is C17H18FNO2. The first kappa shape index (κ1) is 15.0. The topological polar surface area (TPSA) is 38.3 Å². The molecule has 21 heavy (non-hydrogen) atoms. The van der Waals surface area contributed by atoms with Crippen LogP contribution in [-0.2, 0) is 17.7 Å². The van der Waals surface area contributed by atoms with E-state index in [1.54, 1.807) is 6.07 Å². The average molecular weight is 287 g/mol. The highest BCUT2D eigenvalue weighted by Crippen LogP contribution is 2.15. The van der Waals surface area contributed by atoms with Gasteiger partial charge in [0.1, 0.15) is 5.82 Å². The average Bonchev–Trinajstić information content (AvgIpc) is 2.52. The number of aryl methyl sites for hydroxylation is 1. The lowest BCUT2D eigenvalue weighted by atomic mass is 10.1. The van der Waals surface area contributed by atoms with Crippen molar-refractivity contribution in [2.45, 2.75) is 19.9 Å². The van der Waals surface area contributed by atoms with Crippen LogP contribution in [0.1, 0.15) is 28.4 Å². The molecule has 0 aliphatic heterocycles.